The van der Waals surface area contributed by atoms with Crippen molar-refractivity contribution in [1.29, 1.82) is 0 Å². The van der Waals surface area contributed by atoms with E-state index < -0.39 is 17.6 Å². The molecular weight excluding hydrogens is 576 g/mol. The summed E-state index contributed by atoms with van der Waals surface area (Å²) in [6.07, 6.45) is 12.8. The highest BCUT2D eigenvalue weighted by Gasteiger charge is 2.47. The average Bonchev–Trinajstić information content (AvgIpc) is 3.06. The number of rotatable bonds is 5. The van der Waals surface area contributed by atoms with Crippen LogP contribution >= 0.6 is 0 Å². The Bertz CT molecular complexity index is 2020. The molecule has 0 saturated carbocycles. The lowest BCUT2D eigenvalue weighted by molar-refractivity contribution is -0.131. The monoisotopic (exact) mass is 603 g/mol. The predicted molar refractivity (Wildman–Crippen MR) is 166 cm³/mol. The molecule has 1 amide bonds. The standard InChI is InChI=1S/C34H27F2N7O2/c1-3-21-7-4-8-22-9-5-10-23(27(21)22)29-28(36)30-24(18-39-29)31(41-33(40-30)45-2)43-19-34(20-43)11-15-42(16-12-34)32(44)25(35)17-26-37-13-6-14-38-26/h1,4-10,13-14,17-18H,11-12,15-16,19-20H2,2H3/b25-17-. The van der Waals surface area contributed by atoms with Crippen LogP contribution in [0.4, 0.5) is 14.6 Å². The molecule has 7 rings (SSSR count). The topological polar surface area (TPSA) is 97.2 Å². The molecule has 0 bridgehead atoms. The molecule has 45 heavy (non-hydrogen) atoms. The number of pyridine rings is 1. The Labute approximate surface area is 257 Å². The van der Waals surface area contributed by atoms with Crippen LogP contribution in [0.3, 0.4) is 0 Å². The van der Waals surface area contributed by atoms with E-state index in [1.165, 1.54) is 24.4 Å². The molecule has 5 aromatic rings. The zero-order valence-electron chi connectivity index (χ0n) is 24.4. The summed E-state index contributed by atoms with van der Waals surface area (Å²) in [6.45, 7) is 2.11. The Morgan fingerprint density at radius 3 is 2.49 bits per heavy atom. The minimum atomic E-state index is -0.889. The van der Waals surface area contributed by atoms with Crippen LogP contribution in [0.15, 0.2) is 66.9 Å². The van der Waals surface area contributed by atoms with Crippen LogP contribution in [0.5, 0.6) is 6.01 Å². The fourth-order valence-electron chi connectivity index (χ4n) is 6.33. The zero-order chi connectivity index (χ0) is 31.1. The number of halogens is 2. The van der Waals surface area contributed by atoms with Crippen LogP contribution in [-0.2, 0) is 4.79 Å². The van der Waals surface area contributed by atoms with Crippen molar-refractivity contribution in [3.05, 3.63) is 84.1 Å². The number of likely N-dealkylation sites (tertiary alicyclic amines) is 1. The van der Waals surface area contributed by atoms with Crippen LogP contribution < -0.4 is 9.64 Å². The van der Waals surface area contributed by atoms with E-state index in [-0.39, 0.29) is 28.5 Å². The Morgan fingerprint density at radius 1 is 1.04 bits per heavy atom. The van der Waals surface area contributed by atoms with Gasteiger partial charge in [-0.3, -0.25) is 9.78 Å². The van der Waals surface area contributed by atoms with Crippen LogP contribution in [0, 0.1) is 23.6 Å². The van der Waals surface area contributed by atoms with Crippen molar-refractivity contribution in [3.8, 4) is 29.6 Å². The first-order chi connectivity index (χ1) is 21.9. The second kappa shape index (κ2) is 11.2. The molecule has 0 atom stereocenters. The number of methoxy groups -OCH3 is 1. The normalized spacial score (nSPS) is 16.1. The SMILES string of the molecule is C#Cc1cccc2cccc(-c3ncc4c(N5CC6(CCN(C(=O)/C(F)=C/c7ncccn7)CC6)C5)nc(OC)nc4c3F)c12. The van der Waals surface area contributed by atoms with E-state index in [0.29, 0.717) is 61.4 Å². The smallest absolute Gasteiger partial charge is 0.318 e. The number of terminal acetylenes is 1. The number of ether oxygens (including phenoxy) is 1. The number of fused-ring (bicyclic) bond motifs is 2. The lowest BCUT2D eigenvalue weighted by atomic mass is 9.72. The number of nitrogens with zero attached hydrogens (tertiary/aromatic N) is 7. The first kappa shape index (κ1) is 28.3. The van der Waals surface area contributed by atoms with Gasteiger partial charge in [-0.2, -0.15) is 9.97 Å². The molecule has 2 aromatic carbocycles. The van der Waals surface area contributed by atoms with E-state index in [4.69, 9.17) is 11.2 Å². The van der Waals surface area contributed by atoms with Gasteiger partial charge in [-0.25, -0.2) is 18.7 Å². The van der Waals surface area contributed by atoms with Gasteiger partial charge in [0.2, 0.25) is 0 Å². The van der Waals surface area contributed by atoms with Crippen molar-refractivity contribution in [2.45, 2.75) is 12.8 Å². The summed E-state index contributed by atoms with van der Waals surface area (Å²) >= 11 is 0. The highest BCUT2D eigenvalue weighted by atomic mass is 19.1. The largest absolute Gasteiger partial charge is 0.467 e. The molecule has 0 N–H and O–H groups in total. The van der Waals surface area contributed by atoms with Gasteiger partial charge in [-0.15, -0.1) is 6.42 Å². The quantitative estimate of drug-likeness (QED) is 0.200. The predicted octanol–water partition coefficient (Wildman–Crippen LogP) is 5.20. The molecule has 9 nitrogen and oxygen atoms in total. The van der Waals surface area contributed by atoms with Gasteiger partial charge >= 0.3 is 6.01 Å². The van der Waals surface area contributed by atoms with E-state index in [9.17, 15) is 9.18 Å². The lowest BCUT2D eigenvalue weighted by Crippen LogP contribution is -2.61. The zero-order valence-corrected chi connectivity index (χ0v) is 24.4. The Balaban J connectivity index is 1.14. The summed E-state index contributed by atoms with van der Waals surface area (Å²) in [4.78, 5) is 37.7. The van der Waals surface area contributed by atoms with Crippen molar-refractivity contribution in [1.82, 2.24) is 29.8 Å². The maximum Gasteiger partial charge on any atom is 0.318 e. The number of amides is 1. The van der Waals surface area contributed by atoms with Gasteiger partial charge in [0.1, 0.15) is 17.0 Å². The summed E-state index contributed by atoms with van der Waals surface area (Å²) in [5, 5.41) is 2.09. The molecule has 0 radical (unpaired) electrons. The number of benzene rings is 2. The molecule has 2 saturated heterocycles. The summed E-state index contributed by atoms with van der Waals surface area (Å²) in [6, 6.07) is 12.8. The van der Waals surface area contributed by atoms with Gasteiger partial charge in [0.25, 0.3) is 5.91 Å². The molecule has 224 valence electrons. The molecule has 2 fully saturated rings. The summed E-state index contributed by atoms with van der Waals surface area (Å²) in [7, 11) is 1.44. The average molecular weight is 604 g/mol. The Morgan fingerprint density at radius 2 is 1.78 bits per heavy atom. The first-order valence-electron chi connectivity index (χ1n) is 14.5. The minimum absolute atomic E-state index is 0.0433. The van der Waals surface area contributed by atoms with Gasteiger partial charge in [-0.05, 0) is 30.4 Å². The number of carbonyl (C=O) groups is 1. The Hall–Kier alpha value is -5.50. The maximum absolute atomic E-state index is 16.3. The van der Waals surface area contributed by atoms with Crippen molar-refractivity contribution in [2.75, 3.05) is 38.2 Å². The van der Waals surface area contributed by atoms with Crippen molar-refractivity contribution in [2.24, 2.45) is 5.41 Å². The molecule has 0 unspecified atom stereocenters. The van der Waals surface area contributed by atoms with E-state index in [0.717, 1.165) is 16.8 Å². The molecule has 5 heterocycles. The summed E-state index contributed by atoms with van der Waals surface area (Å²) in [5.41, 5.74) is 1.38. The molecule has 2 aliphatic rings. The molecule has 1 spiro atoms. The van der Waals surface area contributed by atoms with E-state index in [2.05, 4.69) is 30.8 Å². The molecular formula is C34H27F2N7O2. The minimum Gasteiger partial charge on any atom is -0.467 e. The highest BCUT2D eigenvalue weighted by Crippen LogP contribution is 2.45. The molecule has 0 aliphatic carbocycles. The van der Waals surface area contributed by atoms with Gasteiger partial charge in [0, 0.05) is 72.8 Å². The van der Waals surface area contributed by atoms with Crippen LogP contribution in [0.25, 0.3) is 39.0 Å². The highest BCUT2D eigenvalue weighted by molar-refractivity contribution is 6.02. The number of aromatic nitrogens is 5. The number of piperidine rings is 1. The third-order valence-corrected chi connectivity index (χ3v) is 8.65. The molecule has 11 heteroatoms. The van der Waals surface area contributed by atoms with E-state index in [1.54, 1.807) is 18.3 Å². The number of hydrogen-bond donors (Lipinski definition) is 0. The fraction of sp³-hybridized carbons (Fsp3) is 0.235. The Kier molecular flexibility index (Phi) is 7.04. The number of anilines is 1. The van der Waals surface area contributed by atoms with Gasteiger partial charge in [0.05, 0.1) is 12.5 Å². The summed E-state index contributed by atoms with van der Waals surface area (Å²) < 4.78 is 36.3. The van der Waals surface area contributed by atoms with Gasteiger partial charge in [-0.1, -0.05) is 36.3 Å². The van der Waals surface area contributed by atoms with Gasteiger partial charge in [0.15, 0.2) is 17.5 Å². The van der Waals surface area contributed by atoms with Crippen LogP contribution in [-0.4, -0.2) is 69.0 Å². The maximum atomic E-state index is 16.3. The third-order valence-electron chi connectivity index (χ3n) is 8.65. The third kappa shape index (κ3) is 4.98. The van der Waals surface area contributed by atoms with E-state index in [1.807, 2.05) is 35.2 Å². The second-order valence-electron chi connectivity index (χ2n) is 11.3. The summed E-state index contributed by atoms with van der Waals surface area (Å²) in [5.74, 6) is 1.22. The van der Waals surface area contributed by atoms with Gasteiger partial charge < -0.3 is 14.5 Å². The van der Waals surface area contributed by atoms with E-state index >= 15 is 4.39 Å². The van der Waals surface area contributed by atoms with Crippen molar-refractivity contribution < 1.29 is 18.3 Å². The first-order valence-corrected chi connectivity index (χ1v) is 14.5. The van der Waals surface area contributed by atoms with Crippen molar-refractivity contribution >= 4 is 39.5 Å². The van der Waals surface area contributed by atoms with Crippen LogP contribution in [0.2, 0.25) is 0 Å². The lowest BCUT2D eigenvalue weighted by Gasteiger charge is -2.54. The number of carbonyl (C=O) groups excluding carboxylic acids is 1. The molecule has 3 aromatic heterocycles. The second-order valence-corrected chi connectivity index (χ2v) is 11.3. The fourth-order valence-corrected chi connectivity index (χ4v) is 6.33. The van der Waals surface area contributed by atoms with Crippen molar-refractivity contribution in [3.63, 3.8) is 0 Å². The van der Waals surface area contributed by atoms with Crippen LogP contribution in [0.1, 0.15) is 24.2 Å². The number of hydrogen-bond acceptors (Lipinski definition) is 8. The molecule has 2 aliphatic heterocycles.